The van der Waals surface area contributed by atoms with E-state index >= 15 is 0 Å². The van der Waals surface area contributed by atoms with E-state index in [9.17, 15) is 4.79 Å². The predicted molar refractivity (Wildman–Crippen MR) is 75.8 cm³/mol. The van der Waals surface area contributed by atoms with Gasteiger partial charge in [0.05, 0.1) is 11.2 Å². The largest absolute Gasteiger partial charge is 0.354 e. The highest BCUT2D eigenvalue weighted by molar-refractivity contribution is 7.09. The summed E-state index contributed by atoms with van der Waals surface area (Å²) < 4.78 is 0. The summed E-state index contributed by atoms with van der Waals surface area (Å²) in [5.74, 6) is 0.116. The number of aryl methyl sites for hydroxylation is 1. The topological polar surface area (TPSA) is 54.0 Å². The predicted octanol–water partition coefficient (Wildman–Crippen LogP) is 2.41. The molecule has 0 saturated heterocycles. The zero-order chi connectivity index (χ0) is 13.5. The molecule has 1 heterocycles. The van der Waals surface area contributed by atoms with Crippen molar-refractivity contribution in [1.82, 2.24) is 15.6 Å². The number of hydrogen-bond donors (Lipinski definition) is 2. The van der Waals surface area contributed by atoms with Gasteiger partial charge in [-0.1, -0.05) is 6.92 Å². The molecule has 1 aromatic rings. The van der Waals surface area contributed by atoms with E-state index in [1.54, 1.807) is 11.3 Å². The first kappa shape index (κ1) is 15.1. The minimum Gasteiger partial charge on any atom is -0.354 e. The molecular weight excluding hydrogens is 246 g/mol. The Labute approximate surface area is 113 Å². The zero-order valence-corrected chi connectivity index (χ0v) is 12.4. The number of rotatable bonds is 7. The van der Waals surface area contributed by atoms with E-state index in [4.69, 9.17) is 0 Å². The molecule has 5 heteroatoms. The lowest BCUT2D eigenvalue weighted by Gasteiger charge is -2.14. The van der Waals surface area contributed by atoms with Gasteiger partial charge in [0.1, 0.15) is 0 Å². The molecular formula is C13H23N3OS. The van der Waals surface area contributed by atoms with Crippen molar-refractivity contribution in [2.24, 2.45) is 0 Å². The number of thiazole rings is 1. The van der Waals surface area contributed by atoms with Crippen LogP contribution in [0.2, 0.25) is 0 Å². The third kappa shape index (κ3) is 4.74. The lowest BCUT2D eigenvalue weighted by molar-refractivity contribution is -0.121. The molecule has 0 spiro atoms. The fraction of sp³-hybridized carbons (Fsp3) is 0.692. The van der Waals surface area contributed by atoms with Crippen molar-refractivity contribution in [3.8, 4) is 0 Å². The van der Waals surface area contributed by atoms with Crippen molar-refractivity contribution >= 4 is 17.2 Å². The summed E-state index contributed by atoms with van der Waals surface area (Å²) in [6.07, 6.45) is 1.49. The van der Waals surface area contributed by atoms with Crippen LogP contribution in [0.3, 0.4) is 0 Å². The van der Waals surface area contributed by atoms with Crippen molar-refractivity contribution < 1.29 is 4.79 Å². The van der Waals surface area contributed by atoms with Gasteiger partial charge in [0.2, 0.25) is 5.91 Å². The number of hydrogen-bond acceptors (Lipinski definition) is 4. The van der Waals surface area contributed by atoms with Crippen molar-refractivity contribution in [2.45, 2.75) is 52.6 Å². The third-order valence-corrected chi connectivity index (χ3v) is 4.11. The van der Waals surface area contributed by atoms with Gasteiger partial charge in [-0.15, -0.1) is 11.3 Å². The normalized spacial score (nSPS) is 14.2. The molecule has 0 bridgehead atoms. The van der Waals surface area contributed by atoms with E-state index < -0.39 is 0 Å². The number of aromatic nitrogens is 1. The maximum atomic E-state index is 11.6. The molecule has 1 amide bonds. The van der Waals surface area contributed by atoms with Crippen LogP contribution in [0.4, 0.5) is 0 Å². The third-order valence-electron chi connectivity index (χ3n) is 3.00. The Kier molecular flexibility index (Phi) is 6.29. The van der Waals surface area contributed by atoms with Crippen LogP contribution in [-0.4, -0.2) is 23.5 Å². The summed E-state index contributed by atoms with van der Waals surface area (Å²) in [5.41, 5.74) is 2.93. The molecule has 2 unspecified atom stereocenters. The van der Waals surface area contributed by atoms with Crippen LogP contribution in [0.15, 0.2) is 5.51 Å². The molecule has 102 valence electrons. The second-order valence-corrected chi connectivity index (χ2v) is 5.49. The molecule has 1 aromatic heterocycles. The standard InChI is InChI=1S/C13H23N3OS/c1-5-9(2)16-12(17)6-7-14-10(3)13-11(4)15-8-18-13/h8-10,14H,5-7H2,1-4H3,(H,16,17). The molecule has 4 nitrogen and oxygen atoms in total. The van der Waals surface area contributed by atoms with Crippen molar-refractivity contribution in [2.75, 3.05) is 6.54 Å². The molecule has 0 aliphatic heterocycles. The Morgan fingerprint density at radius 1 is 1.50 bits per heavy atom. The Balaban J connectivity index is 2.26. The van der Waals surface area contributed by atoms with Gasteiger partial charge in [-0.3, -0.25) is 4.79 Å². The first-order valence-electron chi connectivity index (χ1n) is 6.47. The van der Waals surface area contributed by atoms with Gasteiger partial charge in [-0.2, -0.15) is 0 Å². The summed E-state index contributed by atoms with van der Waals surface area (Å²) in [6, 6.07) is 0.521. The van der Waals surface area contributed by atoms with Crippen molar-refractivity contribution in [3.63, 3.8) is 0 Å². The van der Waals surface area contributed by atoms with E-state index in [2.05, 4.69) is 29.5 Å². The molecule has 1 rings (SSSR count). The second-order valence-electron chi connectivity index (χ2n) is 4.60. The van der Waals surface area contributed by atoms with E-state index in [1.165, 1.54) is 4.88 Å². The highest BCUT2D eigenvalue weighted by Crippen LogP contribution is 2.20. The maximum Gasteiger partial charge on any atom is 0.221 e. The highest BCUT2D eigenvalue weighted by atomic mass is 32.1. The Hall–Kier alpha value is -0.940. The minimum atomic E-state index is 0.116. The van der Waals surface area contributed by atoms with Gasteiger partial charge in [0.15, 0.2) is 0 Å². The van der Waals surface area contributed by atoms with Gasteiger partial charge in [0, 0.05) is 29.9 Å². The molecule has 0 radical (unpaired) electrons. The van der Waals surface area contributed by atoms with E-state index in [0.29, 0.717) is 13.0 Å². The van der Waals surface area contributed by atoms with Crippen LogP contribution in [0.25, 0.3) is 0 Å². The summed E-state index contributed by atoms with van der Waals surface area (Å²) in [5, 5.41) is 6.32. The molecule has 0 fully saturated rings. The summed E-state index contributed by atoms with van der Waals surface area (Å²) in [4.78, 5) is 17.1. The fourth-order valence-corrected chi connectivity index (χ4v) is 2.51. The van der Waals surface area contributed by atoms with Crippen LogP contribution in [0, 0.1) is 6.92 Å². The number of carbonyl (C=O) groups is 1. The lowest BCUT2D eigenvalue weighted by Crippen LogP contribution is -2.34. The van der Waals surface area contributed by atoms with Gasteiger partial charge >= 0.3 is 0 Å². The first-order chi connectivity index (χ1) is 8.54. The highest BCUT2D eigenvalue weighted by Gasteiger charge is 2.11. The van der Waals surface area contributed by atoms with E-state index in [1.807, 2.05) is 19.4 Å². The van der Waals surface area contributed by atoms with Gasteiger partial charge in [0.25, 0.3) is 0 Å². The van der Waals surface area contributed by atoms with E-state index in [0.717, 1.165) is 12.1 Å². The average Bonchev–Trinajstić information content (AvgIpc) is 2.75. The number of nitrogens with one attached hydrogen (secondary N) is 2. The zero-order valence-electron chi connectivity index (χ0n) is 11.6. The Bertz CT molecular complexity index is 378. The van der Waals surface area contributed by atoms with Gasteiger partial charge in [-0.25, -0.2) is 4.98 Å². The van der Waals surface area contributed by atoms with Gasteiger partial charge < -0.3 is 10.6 Å². The smallest absolute Gasteiger partial charge is 0.221 e. The van der Waals surface area contributed by atoms with Gasteiger partial charge in [-0.05, 0) is 27.2 Å². The lowest BCUT2D eigenvalue weighted by atomic mass is 10.2. The van der Waals surface area contributed by atoms with Crippen molar-refractivity contribution in [1.29, 1.82) is 0 Å². The van der Waals surface area contributed by atoms with Crippen LogP contribution in [0.5, 0.6) is 0 Å². The Morgan fingerprint density at radius 3 is 2.78 bits per heavy atom. The number of amides is 1. The Morgan fingerprint density at radius 2 is 2.22 bits per heavy atom. The fourth-order valence-electron chi connectivity index (χ4n) is 1.67. The molecule has 18 heavy (non-hydrogen) atoms. The molecule has 2 atom stereocenters. The minimum absolute atomic E-state index is 0.116. The van der Waals surface area contributed by atoms with Crippen molar-refractivity contribution in [3.05, 3.63) is 16.1 Å². The molecule has 0 saturated carbocycles. The SMILES string of the molecule is CCC(C)NC(=O)CCNC(C)c1scnc1C. The maximum absolute atomic E-state index is 11.6. The molecule has 0 aliphatic carbocycles. The second kappa shape index (κ2) is 7.48. The van der Waals surface area contributed by atoms with Crippen LogP contribution in [-0.2, 0) is 4.79 Å². The van der Waals surface area contributed by atoms with Crippen LogP contribution < -0.4 is 10.6 Å². The number of carbonyl (C=O) groups excluding carboxylic acids is 1. The average molecular weight is 269 g/mol. The monoisotopic (exact) mass is 269 g/mol. The quantitative estimate of drug-likeness (QED) is 0.799. The van der Waals surface area contributed by atoms with E-state index in [-0.39, 0.29) is 18.0 Å². The summed E-state index contributed by atoms with van der Waals surface area (Å²) in [7, 11) is 0. The first-order valence-corrected chi connectivity index (χ1v) is 7.35. The van der Waals surface area contributed by atoms with Crippen LogP contribution >= 0.6 is 11.3 Å². The molecule has 0 aromatic carbocycles. The number of nitrogens with zero attached hydrogens (tertiary/aromatic N) is 1. The summed E-state index contributed by atoms with van der Waals surface area (Å²) in [6.45, 7) is 8.90. The molecule has 2 N–H and O–H groups in total. The van der Waals surface area contributed by atoms with Crippen LogP contribution in [0.1, 0.15) is 50.2 Å². The molecule has 0 aliphatic rings. The summed E-state index contributed by atoms with van der Waals surface area (Å²) >= 11 is 1.66.